The third-order valence-electron chi connectivity index (χ3n) is 5.67. The molecule has 4 atom stereocenters. The zero-order chi connectivity index (χ0) is 29.6. The zero-order valence-electron chi connectivity index (χ0n) is 23.4. The van der Waals surface area contributed by atoms with E-state index < -0.39 is 68.4 Å². The topological polar surface area (TPSA) is 182 Å². The second kappa shape index (κ2) is 13.6. The highest BCUT2D eigenvalue weighted by Gasteiger charge is 2.37. The minimum Gasteiger partial charge on any atom is -0.462 e. The van der Waals surface area contributed by atoms with Gasteiger partial charge in [-0.1, -0.05) is 13.8 Å². The Bertz CT molecular complexity index is 1240. The highest BCUT2D eigenvalue weighted by Crippen LogP contribution is 2.41. The standard InChI is InChI=1S/C24H37FN7O7P/c1-7-16(23(33)37-13(3)4)30-40(35,31-17(8-2)24(34)38-14(5)6)12-36-18-9-15(25)22(39-18)32-11-29-19-20(26)27-10-28-21(19)32/h9-11,13-14,16-18,22H,7-8,12H2,1-6H3,(H2,26,27,28)(H2,30,31,35)/t16?,17?,18-,22+,40?/m0/s1. The summed E-state index contributed by atoms with van der Waals surface area (Å²) in [5.74, 6) is -1.81. The SMILES string of the molecule is CCC(NP(=O)(CO[C@@H]1C=C(F)[C@H](n2cnc3c(N)ncnc32)O1)NC(CC)C(=O)OC(C)C)C(=O)OC(C)C. The number of hydrogen-bond donors (Lipinski definition) is 3. The summed E-state index contributed by atoms with van der Waals surface area (Å²) in [6.45, 7) is 10.2. The van der Waals surface area contributed by atoms with E-state index in [-0.39, 0.29) is 29.8 Å². The average Bonchev–Trinajstić information content (AvgIpc) is 3.47. The number of ether oxygens (including phenoxy) is 4. The fraction of sp³-hybridized carbons (Fsp3) is 0.625. The minimum absolute atomic E-state index is 0.125. The summed E-state index contributed by atoms with van der Waals surface area (Å²) in [5, 5.41) is 5.57. The molecule has 0 saturated heterocycles. The molecule has 0 aromatic carbocycles. The molecule has 3 heterocycles. The normalized spacial score (nSPS) is 20.4. The smallest absolute Gasteiger partial charge is 0.323 e. The van der Waals surface area contributed by atoms with E-state index in [1.165, 1.54) is 17.2 Å². The van der Waals surface area contributed by atoms with Crippen LogP contribution in [-0.4, -0.2) is 68.4 Å². The molecule has 222 valence electrons. The number of anilines is 1. The highest BCUT2D eigenvalue weighted by molar-refractivity contribution is 7.59. The van der Waals surface area contributed by atoms with Gasteiger partial charge >= 0.3 is 11.9 Å². The molecule has 16 heteroatoms. The number of aromatic nitrogens is 4. The molecule has 0 radical (unpaired) electrons. The van der Waals surface area contributed by atoms with Crippen LogP contribution in [0.25, 0.3) is 11.2 Å². The lowest BCUT2D eigenvalue weighted by Crippen LogP contribution is -2.45. The number of carbonyl (C=O) groups is 2. The van der Waals surface area contributed by atoms with E-state index in [1.54, 1.807) is 41.5 Å². The van der Waals surface area contributed by atoms with Gasteiger partial charge in [0.15, 0.2) is 29.8 Å². The molecule has 2 aromatic heterocycles. The first-order valence-electron chi connectivity index (χ1n) is 13.0. The quantitative estimate of drug-likeness (QED) is 0.218. The molecule has 4 N–H and O–H groups in total. The van der Waals surface area contributed by atoms with E-state index in [1.807, 2.05) is 0 Å². The van der Waals surface area contributed by atoms with Crippen LogP contribution in [0.4, 0.5) is 10.2 Å². The first-order valence-corrected chi connectivity index (χ1v) is 14.9. The van der Waals surface area contributed by atoms with Gasteiger partial charge in [0.05, 0.1) is 18.5 Å². The van der Waals surface area contributed by atoms with Crippen LogP contribution in [0, 0.1) is 0 Å². The second-order valence-corrected chi connectivity index (χ2v) is 11.9. The number of fused-ring (bicyclic) bond motifs is 1. The van der Waals surface area contributed by atoms with Gasteiger partial charge in [-0.2, -0.15) is 0 Å². The highest BCUT2D eigenvalue weighted by atomic mass is 31.2. The second-order valence-electron chi connectivity index (χ2n) is 9.68. The maximum atomic E-state index is 14.9. The number of nitrogens with one attached hydrogen (secondary N) is 2. The fourth-order valence-electron chi connectivity index (χ4n) is 3.82. The Hall–Kier alpha value is -2.97. The van der Waals surface area contributed by atoms with Gasteiger partial charge in [-0.15, -0.1) is 0 Å². The van der Waals surface area contributed by atoms with Crippen molar-refractivity contribution >= 4 is 36.4 Å². The molecule has 0 saturated carbocycles. The summed E-state index contributed by atoms with van der Waals surface area (Å²) >= 11 is 0. The Morgan fingerprint density at radius 3 is 2.17 bits per heavy atom. The predicted molar refractivity (Wildman–Crippen MR) is 143 cm³/mol. The van der Waals surface area contributed by atoms with Crippen molar-refractivity contribution < 1.29 is 37.5 Å². The molecule has 2 aromatic rings. The van der Waals surface area contributed by atoms with E-state index in [9.17, 15) is 18.5 Å². The van der Waals surface area contributed by atoms with E-state index in [2.05, 4.69) is 25.1 Å². The van der Waals surface area contributed by atoms with Crippen LogP contribution < -0.4 is 15.9 Å². The van der Waals surface area contributed by atoms with Gasteiger partial charge in [-0.25, -0.2) is 29.5 Å². The zero-order valence-corrected chi connectivity index (χ0v) is 24.3. The maximum absolute atomic E-state index is 14.9. The molecule has 14 nitrogen and oxygen atoms in total. The molecule has 1 aliphatic rings. The van der Waals surface area contributed by atoms with E-state index in [0.29, 0.717) is 0 Å². The largest absolute Gasteiger partial charge is 0.462 e. The lowest BCUT2D eigenvalue weighted by atomic mass is 10.2. The Morgan fingerprint density at radius 1 is 1.07 bits per heavy atom. The third kappa shape index (κ3) is 7.82. The van der Waals surface area contributed by atoms with Crippen LogP contribution in [0.5, 0.6) is 0 Å². The number of nitrogen functional groups attached to an aromatic ring is 1. The molecule has 0 fully saturated rings. The molecular formula is C24H37FN7O7P. The number of hydrogen-bond acceptors (Lipinski definition) is 11. The minimum atomic E-state index is -3.87. The number of rotatable bonds is 14. The first-order chi connectivity index (χ1) is 18.9. The van der Waals surface area contributed by atoms with Crippen LogP contribution >= 0.6 is 7.44 Å². The van der Waals surface area contributed by atoms with Crippen LogP contribution in [-0.2, 0) is 33.1 Å². The number of carbonyl (C=O) groups excluding carboxylic acids is 2. The third-order valence-corrected chi connectivity index (χ3v) is 7.64. The van der Waals surface area contributed by atoms with Gasteiger partial charge < -0.3 is 24.7 Å². The number of nitrogens with two attached hydrogens (primary N) is 1. The summed E-state index contributed by atoms with van der Waals surface area (Å²) in [6.07, 6.45) is 0.188. The lowest BCUT2D eigenvalue weighted by molar-refractivity contribution is -0.150. The van der Waals surface area contributed by atoms with E-state index in [4.69, 9.17) is 24.7 Å². The number of nitrogens with zero attached hydrogens (tertiary/aromatic N) is 4. The molecule has 0 bridgehead atoms. The van der Waals surface area contributed by atoms with Crippen LogP contribution in [0.2, 0.25) is 0 Å². The summed E-state index contributed by atoms with van der Waals surface area (Å²) in [6, 6.07) is -1.95. The number of halogens is 1. The van der Waals surface area contributed by atoms with E-state index in [0.717, 1.165) is 6.08 Å². The Morgan fingerprint density at radius 2 is 1.65 bits per heavy atom. The molecule has 2 unspecified atom stereocenters. The van der Waals surface area contributed by atoms with Gasteiger partial charge in [-0.3, -0.25) is 18.7 Å². The van der Waals surface area contributed by atoms with Crippen molar-refractivity contribution in [2.24, 2.45) is 0 Å². The van der Waals surface area contributed by atoms with Gasteiger partial charge in [0.1, 0.15) is 30.3 Å². The maximum Gasteiger partial charge on any atom is 0.323 e. The molecule has 0 amide bonds. The van der Waals surface area contributed by atoms with Crippen LogP contribution in [0.3, 0.4) is 0 Å². The van der Waals surface area contributed by atoms with Crippen molar-refractivity contribution in [3.05, 3.63) is 24.6 Å². The van der Waals surface area contributed by atoms with Crippen LogP contribution in [0.1, 0.15) is 60.6 Å². The van der Waals surface area contributed by atoms with Crippen molar-refractivity contribution in [1.82, 2.24) is 29.7 Å². The van der Waals surface area contributed by atoms with Crippen molar-refractivity contribution in [3.8, 4) is 0 Å². The van der Waals surface area contributed by atoms with Crippen molar-refractivity contribution in [2.75, 3.05) is 12.1 Å². The molecular weight excluding hydrogens is 548 g/mol. The summed E-state index contributed by atoms with van der Waals surface area (Å²) in [4.78, 5) is 37.3. The van der Waals surface area contributed by atoms with Crippen molar-refractivity contribution in [1.29, 1.82) is 0 Å². The molecule has 40 heavy (non-hydrogen) atoms. The van der Waals surface area contributed by atoms with Gasteiger partial charge in [0.2, 0.25) is 7.44 Å². The van der Waals surface area contributed by atoms with Gasteiger partial charge in [-0.05, 0) is 40.5 Å². The molecule has 0 spiro atoms. The predicted octanol–water partition coefficient (Wildman–Crippen LogP) is 2.92. The monoisotopic (exact) mass is 585 g/mol. The Kier molecular flexibility index (Phi) is 10.7. The van der Waals surface area contributed by atoms with Crippen molar-refractivity contribution in [3.63, 3.8) is 0 Å². The summed E-state index contributed by atoms with van der Waals surface area (Å²) < 4.78 is 52.3. The van der Waals surface area contributed by atoms with Gasteiger partial charge in [0.25, 0.3) is 0 Å². The lowest BCUT2D eigenvalue weighted by Gasteiger charge is -2.29. The Labute approximate surface area is 231 Å². The summed E-state index contributed by atoms with van der Waals surface area (Å²) in [7, 11) is -3.87. The molecule has 1 aliphatic heterocycles. The molecule has 0 aliphatic carbocycles. The fourth-order valence-corrected chi connectivity index (χ4v) is 5.98. The average molecular weight is 586 g/mol. The summed E-state index contributed by atoms with van der Waals surface area (Å²) in [5.41, 5.74) is 6.34. The Balaban J connectivity index is 1.79. The number of esters is 2. The van der Waals surface area contributed by atoms with Crippen LogP contribution in [0.15, 0.2) is 24.6 Å². The van der Waals surface area contributed by atoms with E-state index >= 15 is 0 Å². The molecule has 3 rings (SSSR count). The first kappa shape index (κ1) is 31.6. The number of imidazole rings is 1. The van der Waals surface area contributed by atoms with Crippen molar-refractivity contribution in [2.45, 2.75) is 91.2 Å². The van der Waals surface area contributed by atoms with Gasteiger partial charge in [0, 0.05) is 6.08 Å².